The van der Waals surface area contributed by atoms with Gasteiger partial charge in [-0.3, -0.25) is 0 Å². The number of nitrogens with one attached hydrogen (secondary N) is 1. The van der Waals surface area contributed by atoms with Crippen molar-refractivity contribution in [3.63, 3.8) is 0 Å². The van der Waals surface area contributed by atoms with E-state index in [4.69, 9.17) is 10.5 Å². The minimum atomic E-state index is -3.93. The molecule has 0 aliphatic heterocycles. The second-order valence-corrected chi connectivity index (χ2v) is 7.02. The van der Waals surface area contributed by atoms with Crippen molar-refractivity contribution in [2.75, 3.05) is 13.2 Å². The van der Waals surface area contributed by atoms with Gasteiger partial charge in [0.25, 0.3) is 0 Å². The van der Waals surface area contributed by atoms with Crippen LogP contribution in [0, 0.1) is 11.7 Å². The predicted octanol–water partition coefficient (Wildman–Crippen LogP) is 1.02. The van der Waals surface area contributed by atoms with E-state index in [1.165, 1.54) is 0 Å². The zero-order chi connectivity index (χ0) is 16.3. The molecule has 1 saturated carbocycles. The number of sulfonamides is 1. The van der Waals surface area contributed by atoms with E-state index in [1.807, 2.05) is 0 Å². The maximum absolute atomic E-state index is 13.6. The fourth-order valence-corrected chi connectivity index (χ4v) is 3.16. The van der Waals surface area contributed by atoms with Crippen LogP contribution in [0.25, 0.3) is 0 Å². The molecule has 0 spiro atoms. The summed E-state index contributed by atoms with van der Waals surface area (Å²) >= 11 is 0. The molecule has 1 atom stereocenters. The summed E-state index contributed by atoms with van der Waals surface area (Å²) in [6.45, 7) is 1.81. The lowest BCUT2D eigenvalue weighted by Crippen LogP contribution is -2.38. The summed E-state index contributed by atoms with van der Waals surface area (Å²) in [6, 6.07) is 2.63. The number of carbonyl (C=O) groups is 1. The van der Waals surface area contributed by atoms with Crippen molar-refractivity contribution in [3.05, 3.63) is 29.6 Å². The molecule has 1 aliphatic rings. The number of benzene rings is 1. The lowest BCUT2D eigenvalue weighted by atomic mass is 10.2. The molecule has 1 fully saturated rings. The molecular formula is C14H19FN2O4S. The average molecular weight is 330 g/mol. The lowest BCUT2D eigenvalue weighted by molar-refractivity contribution is 0.0525. The van der Waals surface area contributed by atoms with Crippen molar-refractivity contribution < 1.29 is 22.3 Å². The van der Waals surface area contributed by atoms with E-state index in [-0.39, 0.29) is 29.7 Å². The number of rotatable bonds is 7. The van der Waals surface area contributed by atoms with E-state index >= 15 is 0 Å². The minimum absolute atomic E-state index is 0.0816. The van der Waals surface area contributed by atoms with Gasteiger partial charge >= 0.3 is 5.97 Å². The minimum Gasteiger partial charge on any atom is -0.462 e. The second-order valence-electron chi connectivity index (χ2n) is 5.25. The Morgan fingerprint density at radius 1 is 1.45 bits per heavy atom. The van der Waals surface area contributed by atoms with Crippen LogP contribution >= 0.6 is 0 Å². The highest BCUT2D eigenvalue weighted by Gasteiger charge is 2.29. The molecule has 0 amide bonds. The number of esters is 1. The molecule has 2 rings (SSSR count). The van der Waals surface area contributed by atoms with E-state index < -0.39 is 21.8 Å². The molecule has 8 heteroatoms. The first kappa shape index (κ1) is 16.9. The molecule has 1 aliphatic carbocycles. The van der Waals surface area contributed by atoms with Gasteiger partial charge in [-0.05, 0) is 43.9 Å². The fraction of sp³-hybridized carbons (Fsp3) is 0.500. The van der Waals surface area contributed by atoms with Gasteiger partial charge in [0.1, 0.15) is 5.82 Å². The van der Waals surface area contributed by atoms with Crippen molar-refractivity contribution >= 4 is 16.0 Å². The summed E-state index contributed by atoms with van der Waals surface area (Å²) in [4.78, 5) is 11.3. The van der Waals surface area contributed by atoms with Gasteiger partial charge in [0.05, 0.1) is 17.1 Å². The van der Waals surface area contributed by atoms with Gasteiger partial charge in [-0.2, -0.15) is 0 Å². The summed E-state index contributed by atoms with van der Waals surface area (Å²) in [5, 5.41) is 0. The number of ether oxygens (including phenoxy) is 1. The second kappa shape index (κ2) is 6.72. The molecule has 0 aromatic heterocycles. The van der Waals surface area contributed by atoms with Crippen molar-refractivity contribution in [1.29, 1.82) is 0 Å². The fourth-order valence-electron chi connectivity index (χ4n) is 2.03. The monoisotopic (exact) mass is 330 g/mol. The summed E-state index contributed by atoms with van der Waals surface area (Å²) < 4.78 is 45.0. The van der Waals surface area contributed by atoms with Gasteiger partial charge in [-0.15, -0.1) is 0 Å². The Kier molecular flexibility index (Phi) is 5.15. The Balaban J connectivity index is 2.16. The van der Waals surface area contributed by atoms with Crippen molar-refractivity contribution in [1.82, 2.24) is 4.72 Å². The van der Waals surface area contributed by atoms with E-state index in [0.29, 0.717) is 5.92 Å². The first-order valence-electron chi connectivity index (χ1n) is 7.06. The molecule has 0 saturated heterocycles. The third-order valence-corrected chi connectivity index (χ3v) is 4.83. The molecule has 0 radical (unpaired) electrons. The molecule has 3 N–H and O–H groups in total. The normalized spacial score (nSPS) is 16.3. The standard InChI is InChI=1S/C14H19FN2O4S/c1-2-21-14(18)10-5-11(15)7-12(6-10)22(19,20)17-8-13(16)9-3-4-9/h5-7,9,13,17H,2-4,8,16H2,1H3. The van der Waals surface area contributed by atoms with Gasteiger partial charge in [-0.1, -0.05) is 0 Å². The van der Waals surface area contributed by atoms with Crippen LogP contribution in [0.2, 0.25) is 0 Å². The van der Waals surface area contributed by atoms with Crippen LogP contribution in [0.3, 0.4) is 0 Å². The zero-order valence-electron chi connectivity index (χ0n) is 12.2. The molecule has 0 bridgehead atoms. The number of hydrogen-bond acceptors (Lipinski definition) is 5. The molecule has 1 aromatic carbocycles. The van der Waals surface area contributed by atoms with Gasteiger partial charge in [-0.25, -0.2) is 22.3 Å². The van der Waals surface area contributed by atoms with E-state index in [0.717, 1.165) is 31.0 Å². The summed E-state index contributed by atoms with van der Waals surface area (Å²) in [7, 11) is -3.93. The summed E-state index contributed by atoms with van der Waals surface area (Å²) in [6.07, 6.45) is 1.99. The van der Waals surface area contributed by atoms with Crippen LogP contribution in [-0.4, -0.2) is 33.6 Å². The molecular weight excluding hydrogens is 311 g/mol. The molecule has 122 valence electrons. The quantitative estimate of drug-likeness (QED) is 0.727. The zero-order valence-corrected chi connectivity index (χ0v) is 13.0. The Labute approximate surface area is 128 Å². The van der Waals surface area contributed by atoms with Gasteiger partial charge in [0.15, 0.2) is 0 Å². The van der Waals surface area contributed by atoms with Crippen LogP contribution in [0.5, 0.6) is 0 Å². The Hall–Kier alpha value is -1.51. The topological polar surface area (TPSA) is 98.5 Å². The highest BCUT2D eigenvalue weighted by Crippen LogP contribution is 2.31. The third kappa shape index (κ3) is 4.25. The molecule has 1 unspecified atom stereocenters. The van der Waals surface area contributed by atoms with Crippen LogP contribution in [0.1, 0.15) is 30.1 Å². The van der Waals surface area contributed by atoms with Crippen molar-refractivity contribution in [3.8, 4) is 0 Å². The SMILES string of the molecule is CCOC(=O)c1cc(F)cc(S(=O)(=O)NCC(N)C2CC2)c1. The van der Waals surface area contributed by atoms with Gasteiger partial charge in [0, 0.05) is 12.6 Å². The van der Waals surface area contributed by atoms with Gasteiger partial charge in [0.2, 0.25) is 10.0 Å². The summed E-state index contributed by atoms with van der Waals surface area (Å²) in [5.41, 5.74) is 5.69. The van der Waals surface area contributed by atoms with Gasteiger partial charge < -0.3 is 10.5 Å². The largest absolute Gasteiger partial charge is 0.462 e. The molecule has 1 aromatic rings. The lowest BCUT2D eigenvalue weighted by Gasteiger charge is -2.12. The number of hydrogen-bond donors (Lipinski definition) is 2. The Morgan fingerprint density at radius 3 is 2.73 bits per heavy atom. The first-order valence-corrected chi connectivity index (χ1v) is 8.54. The molecule has 22 heavy (non-hydrogen) atoms. The first-order chi connectivity index (χ1) is 10.3. The maximum Gasteiger partial charge on any atom is 0.338 e. The van der Waals surface area contributed by atoms with E-state index in [1.54, 1.807) is 6.92 Å². The average Bonchev–Trinajstić information content (AvgIpc) is 3.29. The third-order valence-electron chi connectivity index (χ3n) is 3.43. The van der Waals surface area contributed by atoms with Crippen LogP contribution in [0.4, 0.5) is 4.39 Å². The highest BCUT2D eigenvalue weighted by atomic mass is 32.2. The van der Waals surface area contributed by atoms with Crippen molar-refractivity contribution in [2.45, 2.75) is 30.7 Å². The molecule has 0 heterocycles. The van der Waals surface area contributed by atoms with E-state index in [9.17, 15) is 17.6 Å². The predicted molar refractivity (Wildman–Crippen MR) is 78.2 cm³/mol. The van der Waals surface area contributed by atoms with E-state index in [2.05, 4.69) is 4.72 Å². The number of carbonyl (C=O) groups excluding carboxylic acids is 1. The van der Waals surface area contributed by atoms with Crippen LogP contribution in [0.15, 0.2) is 23.1 Å². The maximum atomic E-state index is 13.6. The summed E-state index contributed by atoms with van der Waals surface area (Å²) in [5.74, 6) is -1.25. The highest BCUT2D eigenvalue weighted by molar-refractivity contribution is 7.89. The molecule has 6 nitrogen and oxygen atoms in total. The number of nitrogens with two attached hydrogens (primary N) is 1. The van der Waals surface area contributed by atoms with Crippen LogP contribution in [-0.2, 0) is 14.8 Å². The Bertz CT molecular complexity index is 659. The Morgan fingerprint density at radius 2 is 2.14 bits per heavy atom. The smallest absolute Gasteiger partial charge is 0.338 e. The van der Waals surface area contributed by atoms with Crippen molar-refractivity contribution in [2.24, 2.45) is 11.7 Å². The van der Waals surface area contributed by atoms with Crippen LogP contribution < -0.4 is 10.5 Å². The number of halogens is 1.